The highest BCUT2D eigenvalue weighted by atomic mass is 16.5. The maximum absolute atomic E-state index is 11.8. The first-order valence-electron chi connectivity index (χ1n) is 7.57. The van der Waals surface area contributed by atoms with Crippen LogP contribution in [0, 0.1) is 0 Å². The summed E-state index contributed by atoms with van der Waals surface area (Å²) in [5, 5.41) is 6.44. The third-order valence-corrected chi connectivity index (χ3v) is 3.63. The number of hydrogen-bond acceptors (Lipinski definition) is 4. The van der Waals surface area contributed by atoms with E-state index in [4.69, 9.17) is 4.74 Å². The van der Waals surface area contributed by atoms with Gasteiger partial charge in [-0.1, -0.05) is 18.2 Å². The highest BCUT2D eigenvalue weighted by Crippen LogP contribution is 2.15. The fourth-order valence-corrected chi connectivity index (χ4v) is 2.57. The second-order valence-corrected chi connectivity index (χ2v) is 5.43. The normalized spacial score (nSPS) is 18.6. The zero-order valence-corrected chi connectivity index (χ0v) is 12.7. The summed E-state index contributed by atoms with van der Waals surface area (Å²) >= 11 is 0. The van der Waals surface area contributed by atoms with Crippen LogP contribution in [-0.4, -0.2) is 56.7 Å². The van der Waals surface area contributed by atoms with Crippen molar-refractivity contribution >= 4 is 11.6 Å². The van der Waals surface area contributed by atoms with E-state index < -0.39 is 0 Å². The molecule has 1 aliphatic heterocycles. The summed E-state index contributed by atoms with van der Waals surface area (Å²) in [6.45, 7) is 3.75. The van der Waals surface area contributed by atoms with Gasteiger partial charge in [0.25, 0.3) is 0 Å². The lowest BCUT2D eigenvalue weighted by atomic mass is 10.2. The lowest BCUT2D eigenvalue weighted by molar-refractivity contribution is -0.122. The zero-order valence-electron chi connectivity index (χ0n) is 12.7. The van der Waals surface area contributed by atoms with Gasteiger partial charge in [-0.05, 0) is 25.0 Å². The molecule has 0 aromatic heterocycles. The van der Waals surface area contributed by atoms with Crippen LogP contribution in [0.15, 0.2) is 30.3 Å². The molecule has 2 N–H and O–H groups in total. The number of para-hydroxylation sites is 1. The van der Waals surface area contributed by atoms with Gasteiger partial charge in [0, 0.05) is 45.1 Å². The first kappa shape index (κ1) is 15.8. The van der Waals surface area contributed by atoms with E-state index in [1.54, 1.807) is 7.11 Å². The predicted molar refractivity (Wildman–Crippen MR) is 84.4 cm³/mol. The summed E-state index contributed by atoms with van der Waals surface area (Å²) in [6, 6.07) is 10.6. The number of nitrogens with one attached hydrogen (secondary N) is 2. The number of benzene rings is 1. The Hall–Kier alpha value is -1.59. The zero-order chi connectivity index (χ0) is 14.9. The SMILES string of the molecule is COCCCNC(=O)CN1CC[C@@H](Nc2ccccc2)C1. The monoisotopic (exact) mass is 291 g/mol. The number of carbonyl (C=O) groups excluding carboxylic acids is 1. The largest absolute Gasteiger partial charge is 0.385 e. The Labute approximate surface area is 126 Å². The van der Waals surface area contributed by atoms with Crippen LogP contribution in [0.2, 0.25) is 0 Å². The topological polar surface area (TPSA) is 53.6 Å². The molecule has 1 aromatic carbocycles. The molecule has 0 unspecified atom stereocenters. The van der Waals surface area contributed by atoms with E-state index >= 15 is 0 Å². The molecule has 1 aromatic rings. The molecule has 1 heterocycles. The Balaban J connectivity index is 1.64. The molecule has 1 amide bonds. The number of nitrogens with zero attached hydrogens (tertiary/aromatic N) is 1. The van der Waals surface area contributed by atoms with Gasteiger partial charge in [-0.25, -0.2) is 0 Å². The van der Waals surface area contributed by atoms with Gasteiger partial charge in [0.05, 0.1) is 6.54 Å². The lowest BCUT2D eigenvalue weighted by Crippen LogP contribution is -2.37. The molecule has 0 spiro atoms. The summed E-state index contributed by atoms with van der Waals surface area (Å²) in [6.07, 6.45) is 1.94. The first-order chi connectivity index (χ1) is 10.3. The van der Waals surface area contributed by atoms with E-state index in [0.29, 0.717) is 25.7 Å². The van der Waals surface area contributed by atoms with Gasteiger partial charge in [0.2, 0.25) is 5.91 Å². The highest BCUT2D eigenvalue weighted by molar-refractivity contribution is 5.78. The molecule has 0 bridgehead atoms. The van der Waals surface area contributed by atoms with Crippen molar-refractivity contribution in [3.63, 3.8) is 0 Å². The van der Waals surface area contributed by atoms with Crippen LogP contribution in [0.25, 0.3) is 0 Å². The van der Waals surface area contributed by atoms with Crippen LogP contribution in [0.1, 0.15) is 12.8 Å². The summed E-state index contributed by atoms with van der Waals surface area (Å²) in [5.74, 6) is 0.103. The van der Waals surface area contributed by atoms with Gasteiger partial charge in [-0.2, -0.15) is 0 Å². The molecule has 1 atom stereocenters. The van der Waals surface area contributed by atoms with Crippen molar-refractivity contribution in [1.82, 2.24) is 10.2 Å². The molecule has 5 heteroatoms. The maximum Gasteiger partial charge on any atom is 0.234 e. The Bertz CT molecular complexity index is 425. The van der Waals surface area contributed by atoms with Gasteiger partial charge < -0.3 is 15.4 Å². The van der Waals surface area contributed by atoms with Gasteiger partial charge in [0.15, 0.2) is 0 Å². The molecule has 0 aliphatic carbocycles. The molecule has 0 radical (unpaired) electrons. The van der Waals surface area contributed by atoms with E-state index in [9.17, 15) is 4.79 Å². The molecular formula is C16H25N3O2. The number of ether oxygens (including phenoxy) is 1. The van der Waals surface area contributed by atoms with Crippen molar-refractivity contribution in [2.75, 3.05) is 45.2 Å². The second kappa shape index (κ2) is 8.64. The predicted octanol–water partition coefficient (Wildman–Crippen LogP) is 1.33. The summed E-state index contributed by atoms with van der Waals surface area (Å²) < 4.78 is 4.96. The summed E-state index contributed by atoms with van der Waals surface area (Å²) in [5.41, 5.74) is 1.15. The number of likely N-dealkylation sites (tertiary alicyclic amines) is 1. The molecule has 21 heavy (non-hydrogen) atoms. The van der Waals surface area contributed by atoms with Gasteiger partial charge in [0.1, 0.15) is 0 Å². The Morgan fingerprint density at radius 1 is 1.38 bits per heavy atom. The van der Waals surface area contributed by atoms with Crippen molar-refractivity contribution in [3.8, 4) is 0 Å². The van der Waals surface area contributed by atoms with Crippen molar-refractivity contribution in [2.45, 2.75) is 18.9 Å². The van der Waals surface area contributed by atoms with Gasteiger partial charge >= 0.3 is 0 Å². The third kappa shape index (κ3) is 5.73. The molecule has 1 aliphatic rings. The number of hydrogen-bond donors (Lipinski definition) is 2. The molecule has 0 saturated carbocycles. The minimum atomic E-state index is 0.103. The Kier molecular flexibility index (Phi) is 6.50. The standard InChI is InChI=1S/C16H25N3O2/c1-21-11-5-9-17-16(20)13-19-10-8-15(12-19)18-14-6-3-2-4-7-14/h2-4,6-7,15,18H,5,8-13H2,1H3,(H,17,20)/t15-/m1/s1. The van der Waals surface area contributed by atoms with Crippen molar-refractivity contribution < 1.29 is 9.53 Å². The molecule has 1 saturated heterocycles. The van der Waals surface area contributed by atoms with Crippen molar-refractivity contribution in [1.29, 1.82) is 0 Å². The van der Waals surface area contributed by atoms with E-state index in [1.165, 1.54) is 0 Å². The van der Waals surface area contributed by atoms with Crippen LogP contribution in [0.5, 0.6) is 0 Å². The fraction of sp³-hybridized carbons (Fsp3) is 0.562. The summed E-state index contributed by atoms with van der Waals surface area (Å²) in [7, 11) is 1.67. The first-order valence-corrected chi connectivity index (χ1v) is 7.57. The van der Waals surface area contributed by atoms with Crippen LogP contribution in [-0.2, 0) is 9.53 Å². The minimum Gasteiger partial charge on any atom is -0.385 e. The van der Waals surface area contributed by atoms with Gasteiger partial charge in [-0.3, -0.25) is 9.69 Å². The van der Waals surface area contributed by atoms with Crippen LogP contribution >= 0.6 is 0 Å². The highest BCUT2D eigenvalue weighted by Gasteiger charge is 2.23. The molecule has 116 valence electrons. The number of methoxy groups -OCH3 is 1. The van der Waals surface area contributed by atoms with Crippen LogP contribution in [0.4, 0.5) is 5.69 Å². The smallest absolute Gasteiger partial charge is 0.234 e. The Morgan fingerprint density at radius 3 is 2.95 bits per heavy atom. The van der Waals surface area contributed by atoms with Crippen LogP contribution < -0.4 is 10.6 Å². The van der Waals surface area contributed by atoms with Crippen molar-refractivity contribution in [3.05, 3.63) is 30.3 Å². The third-order valence-electron chi connectivity index (χ3n) is 3.63. The van der Waals surface area contributed by atoms with E-state index in [-0.39, 0.29) is 5.91 Å². The number of anilines is 1. The molecular weight excluding hydrogens is 266 g/mol. The molecule has 2 rings (SSSR count). The number of rotatable bonds is 8. The average Bonchev–Trinajstić information content (AvgIpc) is 2.92. The fourth-order valence-electron chi connectivity index (χ4n) is 2.57. The summed E-state index contributed by atoms with van der Waals surface area (Å²) in [4.78, 5) is 14.0. The quantitative estimate of drug-likeness (QED) is 0.710. The van der Waals surface area contributed by atoms with E-state index in [0.717, 1.165) is 31.6 Å². The van der Waals surface area contributed by atoms with E-state index in [1.807, 2.05) is 18.2 Å². The van der Waals surface area contributed by atoms with Crippen molar-refractivity contribution in [2.24, 2.45) is 0 Å². The minimum absolute atomic E-state index is 0.103. The number of amides is 1. The maximum atomic E-state index is 11.8. The van der Waals surface area contributed by atoms with Gasteiger partial charge in [-0.15, -0.1) is 0 Å². The average molecular weight is 291 g/mol. The second-order valence-electron chi connectivity index (χ2n) is 5.43. The number of carbonyl (C=O) groups is 1. The molecule has 5 nitrogen and oxygen atoms in total. The Morgan fingerprint density at radius 2 is 2.19 bits per heavy atom. The molecule has 1 fully saturated rings. The lowest BCUT2D eigenvalue weighted by Gasteiger charge is -2.17. The van der Waals surface area contributed by atoms with E-state index in [2.05, 4.69) is 27.7 Å². The van der Waals surface area contributed by atoms with Crippen LogP contribution in [0.3, 0.4) is 0 Å².